The minimum atomic E-state index is -0.220. The standard InChI is InChI=1S/C14H18N2O3/c1-19-14(18)12-6-8-16(10-12)13(17)5-4-11-3-2-7-15-9-11/h2-3,7,9,12H,4-6,8,10H2,1H3. The Bertz CT molecular complexity index is 447. The highest BCUT2D eigenvalue weighted by atomic mass is 16.5. The number of hydrogen-bond donors (Lipinski definition) is 0. The van der Waals surface area contributed by atoms with Gasteiger partial charge in [-0.05, 0) is 24.5 Å². The van der Waals surface area contributed by atoms with Crippen molar-refractivity contribution in [2.24, 2.45) is 5.92 Å². The number of rotatable bonds is 4. The number of carbonyl (C=O) groups is 2. The molecule has 0 aliphatic carbocycles. The van der Waals surface area contributed by atoms with Gasteiger partial charge in [-0.2, -0.15) is 0 Å². The third-order valence-corrected chi connectivity index (χ3v) is 3.43. The van der Waals surface area contributed by atoms with Crippen LogP contribution in [0.3, 0.4) is 0 Å². The molecule has 5 heteroatoms. The average Bonchev–Trinajstić information content (AvgIpc) is 2.95. The van der Waals surface area contributed by atoms with Crippen LogP contribution in [0.2, 0.25) is 0 Å². The van der Waals surface area contributed by atoms with E-state index in [1.54, 1.807) is 17.3 Å². The van der Waals surface area contributed by atoms with Gasteiger partial charge < -0.3 is 9.64 Å². The molecule has 0 radical (unpaired) electrons. The molecule has 102 valence electrons. The Morgan fingerprint density at radius 3 is 3.05 bits per heavy atom. The summed E-state index contributed by atoms with van der Waals surface area (Å²) in [5, 5.41) is 0. The summed E-state index contributed by atoms with van der Waals surface area (Å²) in [4.78, 5) is 29.2. The SMILES string of the molecule is COC(=O)C1CCN(C(=O)CCc2cccnc2)C1. The Hall–Kier alpha value is -1.91. The molecule has 1 atom stereocenters. The molecule has 1 saturated heterocycles. The molecule has 1 fully saturated rings. The van der Waals surface area contributed by atoms with E-state index in [1.807, 2.05) is 12.1 Å². The highest BCUT2D eigenvalue weighted by molar-refractivity contribution is 5.79. The molecule has 0 spiro atoms. The minimum Gasteiger partial charge on any atom is -0.469 e. The van der Waals surface area contributed by atoms with Crippen molar-refractivity contribution < 1.29 is 14.3 Å². The molecule has 1 unspecified atom stereocenters. The first-order valence-corrected chi connectivity index (χ1v) is 6.45. The maximum Gasteiger partial charge on any atom is 0.310 e. The maximum absolute atomic E-state index is 12.0. The number of pyridine rings is 1. The Morgan fingerprint density at radius 1 is 1.53 bits per heavy atom. The van der Waals surface area contributed by atoms with E-state index in [-0.39, 0.29) is 17.8 Å². The number of amides is 1. The molecule has 1 amide bonds. The Labute approximate surface area is 112 Å². The van der Waals surface area contributed by atoms with Crippen molar-refractivity contribution in [2.45, 2.75) is 19.3 Å². The highest BCUT2D eigenvalue weighted by Gasteiger charge is 2.31. The second-order valence-corrected chi connectivity index (χ2v) is 4.71. The zero-order valence-electron chi connectivity index (χ0n) is 11.0. The quantitative estimate of drug-likeness (QED) is 0.761. The number of likely N-dealkylation sites (tertiary alicyclic amines) is 1. The van der Waals surface area contributed by atoms with Gasteiger partial charge in [0.2, 0.25) is 5.91 Å². The monoisotopic (exact) mass is 262 g/mol. The van der Waals surface area contributed by atoms with E-state index in [4.69, 9.17) is 4.74 Å². The van der Waals surface area contributed by atoms with Crippen LogP contribution < -0.4 is 0 Å². The lowest BCUT2D eigenvalue weighted by Crippen LogP contribution is -2.30. The molecule has 1 aromatic rings. The van der Waals surface area contributed by atoms with E-state index < -0.39 is 0 Å². The topological polar surface area (TPSA) is 59.5 Å². The lowest BCUT2D eigenvalue weighted by Gasteiger charge is -2.15. The normalized spacial score (nSPS) is 18.4. The van der Waals surface area contributed by atoms with E-state index in [1.165, 1.54) is 7.11 Å². The number of aromatic nitrogens is 1. The number of nitrogens with zero attached hydrogens (tertiary/aromatic N) is 2. The predicted molar refractivity (Wildman–Crippen MR) is 69.3 cm³/mol. The molecule has 5 nitrogen and oxygen atoms in total. The summed E-state index contributed by atoms with van der Waals surface area (Å²) in [6.45, 7) is 1.13. The molecule has 2 rings (SSSR count). The van der Waals surface area contributed by atoms with Gasteiger partial charge in [-0.3, -0.25) is 14.6 Å². The second-order valence-electron chi connectivity index (χ2n) is 4.71. The number of esters is 1. The molecule has 0 aromatic carbocycles. The van der Waals surface area contributed by atoms with Crippen molar-refractivity contribution in [1.29, 1.82) is 0 Å². The molecule has 2 heterocycles. The fraction of sp³-hybridized carbons (Fsp3) is 0.500. The molecule has 1 aliphatic heterocycles. The minimum absolute atomic E-state index is 0.0928. The van der Waals surface area contributed by atoms with Gasteiger partial charge in [-0.15, -0.1) is 0 Å². The molecule has 0 N–H and O–H groups in total. The van der Waals surface area contributed by atoms with Gasteiger partial charge in [0.15, 0.2) is 0 Å². The van der Waals surface area contributed by atoms with Gasteiger partial charge in [0, 0.05) is 31.9 Å². The number of ether oxygens (including phenoxy) is 1. The van der Waals surface area contributed by atoms with Crippen LogP contribution in [-0.4, -0.2) is 42.0 Å². The smallest absolute Gasteiger partial charge is 0.310 e. The molecule has 1 aromatic heterocycles. The van der Waals surface area contributed by atoms with Crippen molar-refractivity contribution in [3.63, 3.8) is 0 Å². The zero-order valence-corrected chi connectivity index (χ0v) is 11.0. The van der Waals surface area contributed by atoms with Crippen molar-refractivity contribution in [1.82, 2.24) is 9.88 Å². The van der Waals surface area contributed by atoms with E-state index >= 15 is 0 Å². The average molecular weight is 262 g/mol. The summed E-state index contributed by atoms with van der Waals surface area (Å²) in [6, 6.07) is 3.82. The van der Waals surface area contributed by atoms with E-state index in [9.17, 15) is 9.59 Å². The van der Waals surface area contributed by atoms with Crippen molar-refractivity contribution in [2.75, 3.05) is 20.2 Å². The Kier molecular flexibility index (Phi) is 4.49. The van der Waals surface area contributed by atoms with Crippen LogP contribution in [0.1, 0.15) is 18.4 Å². The van der Waals surface area contributed by atoms with Gasteiger partial charge in [0.1, 0.15) is 0 Å². The van der Waals surface area contributed by atoms with Crippen LogP contribution in [0.5, 0.6) is 0 Å². The lowest BCUT2D eigenvalue weighted by molar-refractivity contribution is -0.145. The summed E-state index contributed by atoms with van der Waals surface area (Å²) in [7, 11) is 1.38. The Balaban J connectivity index is 1.80. The van der Waals surface area contributed by atoms with Gasteiger partial charge >= 0.3 is 5.97 Å². The third kappa shape index (κ3) is 3.53. The third-order valence-electron chi connectivity index (χ3n) is 3.43. The number of carbonyl (C=O) groups excluding carboxylic acids is 2. The van der Waals surface area contributed by atoms with Crippen LogP contribution in [0.4, 0.5) is 0 Å². The second kappa shape index (κ2) is 6.31. The van der Waals surface area contributed by atoms with Crippen molar-refractivity contribution >= 4 is 11.9 Å². The largest absolute Gasteiger partial charge is 0.469 e. The molecular formula is C14H18N2O3. The summed E-state index contributed by atoms with van der Waals surface area (Å²) in [5.41, 5.74) is 1.06. The summed E-state index contributed by atoms with van der Waals surface area (Å²) in [6.07, 6.45) is 5.33. The number of aryl methyl sites for hydroxylation is 1. The van der Waals surface area contributed by atoms with Gasteiger partial charge in [-0.1, -0.05) is 6.07 Å². The molecule has 0 bridgehead atoms. The van der Waals surface area contributed by atoms with Crippen LogP contribution >= 0.6 is 0 Å². The van der Waals surface area contributed by atoms with Crippen LogP contribution in [0.15, 0.2) is 24.5 Å². The van der Waals surface area contributed by atoms with E-state index in [2.05, 4.69) is 4.98 Å². The van der Waals surface area contributed by atoms with Gasteiger partial charge in [0.05, 0.1) is 13.0 Å². The maximum atomic E-state index is 12.0. The van der Waals surface area contributed by atoms with Crippen LogP contribution in [-0.2, 0) is 20.7 Å². The fourth-order valence-electron chi connectivity index (χ4n) is 2.30. The Morgan fingerprint density at radius 2 is 2.37 bits per heavy atom. The highest BCUT2D eigenvalue weighted by Crippen LogP contribution is 2.18. The lowest BCUT2D eigenvalue weighted by atomic mass is 10.1. The van der Waals surface area contributed by atoms with Crippen LogP contribution in [0, 0.1) is 5.92 Å². The molecule has 19 heavy (non-hydrogen) atoms. The van der Waals surface area contributed by atoms with Crippen molar-refractivity contribution in [3.8, 4) is 0 Å². The predicted octanol–water partition coefficient (Wildman–Crippen LogP) is 1.04. The fourth-order valence-corrected chi connectivity index (χ4v) is 2.30. The first kappa shape index (κ1) is 13.5. The zero-order chi connectivity index (χ0) is 13.7. The molecular weight excluding hydrogens is 244 g/mol. The first-order chi connectivity index (χ1) is 9.20. The molecule has 0 saturated carbocycles. The summed E-state index contributed by atoms with van der Waals surface area (Å²) in [5.74, 6) is -0.287. The van der Waals surface area contributed by atoms with Gasteiger partial charge in [0.25, 0.3) is 0 Å². The summed E-state index contributed by atoms with van der Waals surface area (Å²) >= 11 is 0. The van der Waals surface area contributed by atoms with Crippen molar-refractivity contribution in [3.05, 3.63) is 30.1 Å². The summed E-state index contributed by atoms with van der Waals surface area (Å²) < 4.78 is 4.71. The van der Waals surface area contributed by atoms with E-state index in [0.29, 0.717) is 32.4 Å². The first-order valence-electron chi connectivity index (χ1n) is 6.45. The van der Waals surface area contributed by atoms with E-state index in [0.717, 1.165) is 5.56 Å². The molecule has 1 aliphatic rings. The number of hydrogen-bond acceptors (Lipinski definition) is 4. The number of methoxy groups -OCH3 is 1. The van der Waals surface area contributed by atoms with Gasteiger partial charge in [-0.25, -0.2) is 0 Å². The van der Waals surface area contributed by atoms with Crippen LogP contribution in [0.25, 0.3) is 0 Å².